The van der Waals surface area contributed by atoms with E-state index in [4.69, 9.17) is 4.74 Å². The Balaban J connectivity index is 2.03. The fourth-order valence-corrected chi connectivity index (χ4v) is 1.45. The van der Waals surface area contributed by atoms with Crippen molar-refractivity contribution in [3.05, 3.63) is 29.8 Å². The highest BCUT2D eigenvalue weighted by molar-refractivity contribution is 5.31. The molecule has 0 radical (unpaired) electrons. The van der Waals surface area contributed by atoms with Crippen molar-refractivity contribution in [1.29, 1.82) is 0 Å². The molecule has 0 aliphatic rings. The van der Waals surface area contributed by atoms with Gasteiger partial charge < -0.3 is 15.2 Å². The van der Waals surface area contributed by atoms with Crippen molar-refractivity contribution in [1.82, 2.24) is 5.32 Å². The molecule has 0 saturated heterocycles. The van der Waals surface area contributed by atoms with Gasteiger partial charge in [-0.25, -0.2) is 0 Å². The summed E-state index contributed by atoms with van der Waals surface area (Å²) in [5, 5.41) is 12.8. The van der Waals surface area contributed by atoms with Crippen LogP contribution < -0.4 is 5.32 Å². The first-order valence-electron chi connectivity index (χ1n) is 6.25. The van der Waals surface area contributed by atoms with Gasteiger partial charge in [0.25, 0.3) is 0 Å². The third-order valence-electron chi connectivity index (χ3n) is 2.57. The van der Waals surface area contributed by atoms with Crippen molar-refractivity contribution in [2.75, 3.05) is 19.8 Å². The molecule has 1 aromatic carbocycles. The van der Waals surface area contributed by atoms with E-state index in [1.807, 2.05) is 18.2 Å². The molecule has 0 spiro atoms. The summed E-state index contributed by atoms with van der Waals surface area (Å²) >= 11 is 0. The van der Waals surface area contributed by atoms with Gasteiger partial charge in [0.1, 0.15) is 5.75 Å². The normalized spacial score (nSPS) is 11.0. The van der Waals surface area contributed by atoms with E-state index in [-0.39, 0.29) is 0 Å². The van der Waals surface area contributed by atoms with Crippen LogP contribution in [0.2, 0.25) is 0 Å². The van der Waals surface area contributed by atoms with E-state index in [9.17, 15) is 5.11 Å². The Morgan fingerprint density at radius 2 is 2.00 bits per heavy atom. The molecule has 3 nitrogen and oxygen atoms in total. The summed E-state index contributed by atoms with van der Waals surface area (Å²) in [5.74, 6) is 1.05. The molecule has 0 saturated carbocycles. The number of rotatable bonds is 8. The van der Waals surface area contributed by atoms with E-state index in [2.05, 4.69) is 19.2 Å². The van der Waals surface area contributed by atoms with Crippen molar-refractivity contribution in [3.63, 3.8) is 0 Å². The lowest BCUT2D eigenvalue weighted by Crippen LogP contribution is -2.19. The molecule has 3 heteroatoms. The zero-order valence-electron chi connectivity index (χ0n) is 10.8. The smallest absolute Gasteiger partial charge is 0.120 e. The lowest BCUT2D eigenvalue weighted by Gasteiger charge is -2.08. The first-order chi connectivity index (χ1) is 8.20. The second kappa shape index (κ2) is 8.09. The van der Waals surface area contributed by atoms with Crippen LogP contribution in [-0.2, 0) is 11.3 Å². The van der Waals surface area contributed by atoms with Crippen LogP contribution >= 0.6 is 0 Å². The van der Waals surface area contributed by atoms with Gasteiger partial charge >= 0.3 is 0 Å². The lowest BCUT2D eigenvalue weighted by atomic mass is 10.1. The second-order valence-corrected chi connectivity index (χ2v) is 4.60. The summed E-state index contributed by atoms with van der Waals surface area (Å²) in [7, 11) is 0. The number of aromatic hydroxyl groups is 1. The van der Waals surface area contributed by atoms with E-state index < -0.39 is 0 Å². The average molecular weight is 237 g/mol. The molecule has 17 heavy (non-hydrogen) atoms. The fraction of sp³-hybridized carbons (Fsp3) is 0.571. The van der Waals surface area contributed by atoms with Crippen LogP contribution in [0.4, 0.5) is 0 Å². The lowest BCUT2D eigenvalue weighted by molar-refractivity contribution is 0.125. The molecule has 0 aliphatic heterocycles. The molecule has 0 unspecified atom stereocenters. The van der Waals surface area contributed by atoms with Crippen molar-refractivity contribution in [3.8, 4) is 5.75 Å². The number of phenols is 1. The Morgan fingerprint density at radius 1 is 1.24 bits per heavy atom. The third kappa shape index (κ3) is 6.29. The molecule has 1 rings (SSSR count). The Morgan fingerprint density at radius 3 is 2.71 bits per heavy atom. The molecule has 0 atom stereocenters. The zero-order valence-corrected chi connectivity index (χ0v) is 10.8. The minimum Gasteiger partial charge on any atom is -0.508 e. The highest BCUT2D eigenvalue weighted by Gasteiger charge is 1.98. The van der Waals surface area contributed by atoms with Gasteiger partial charge in [0, 0.05) is 25.3 Å². The Kier molecular flexibility index (Phi) is 6.67. The van der Waals surface area contributed by atoms with Gasteiger partial charge in [0.05, 0.1) is 6.61 Å². The third-order valence-corrected chi connectivity index (χ3v) is 2.57. The summed E-state index contributed by atoms with van der Waals surface area (Å²) in [6.45, 7) is 7.43. The Hall–Kier alpha value is -1.06. The average Bonchev–Trinajstić information content (AvgIpc) is 2.30. The Labute approximate surface area is 104 Å². The summed E-state index contributed by atoms with van der Waals surface area (Å²) in [4.78, 5) is 0. The van der Waals surface area contributed by atoms with E-state index in [1.165, 1.54) is 0 Å². The summed E-state index contributed by atoms with van der Waals surface area (Å²) < 4.78 is 5.49. The van der Waals surface area contributed by atoms with Crippen LogP contribution in [-0.4, -0.2) is 24.9 Å². The zero-order chi connectivity index (χ0) is 12.5. The molecule has 1 aromatic rings. The predicted octanol–water partition coefficient (Wildman–Crippen LogP) is 2.54. The van der Waals surface area contributed by atoms with Gasteiger partial charge in [0.2, 0.25) is 0 Å². The largest absolute Gasteiger partial charge is 0.508 e. The molecule has 0 amide bonds. The second-order valence-electron chi connectivity index (χ2n) is 4.60. The van der Waals surface area contributed by atoms with Crippen LogP contribution in [0.15, 0.2) is 24.3 Å². The number of nitrogens with one attached hydrogen (secondary N) is 1. The van der Waals surface area contributed by atoms with Crippen LogP contribution in [0, 0.1) is 5.92 Å². The van der Waals surface area contributed by atoms with Gasteiger partial charge in [-0.2, -0.15) is 0 Å². The van der Waals surface area contributed by atoms with Crippen molar-refractivity contribution < 1.29 is 9.84 Å². The van der Waals surface area contributed by atoms with E-state index in [0.29, 0.717) is 18.2 Å². The minimum atomic E-state index is 0.348. The Bertz CT molecular complexity index is 313. The van der Waals surface area contributed by atoms with Crippen LogP contribution in [0.1, 0.15) is 25.8 Å². The predicted molar refractivity (Wildman–Crippen MR) is 70.1 cm³/mol. The molecule has 96 valence electrons. The van der Waals surface area contributed by atoms with Gasteiger partial charge in [-0.05, 0) is 18.4 Å². The number of hydrogen-bond acceptors (Lipinski definition) is 3. The molecule has 0 aliphatic carbocycles. The number of hydrogen-bond donors (Lipinski definition) is 2. The minimum absolute atomic E-state index is 0.348. The number of para-hydroxylation sites is 1. The molecular formula is C14H23NO2. The summed E-state index contributed by atoms with van der Waals surface area (Å²) in [6.07, 6.45) is 1.11. The van der Waals surface area contributed by atoms with Gasteiger partial charge in [0.15, 0.2) is 0 Å². The van der Waals surface area contributed by atoms with Crippen molar-refractivity contribution >= 4 is 0 Å². The first-order valence-corrected chi connectivity index (χ1v) is 6.25. The first kappa shape index (κ1) is 14.0. The van der Waals surface area contributed by atoms with Gasteiger partial charge in [-0.15, -0.1) is 0 Å². The number of ether oxygens (including phenoxy) is 1. The molecule has 0 heterocycles. The summed E-state index contributed by atoms with van der Waals surface area (Å²) in [5.41, 5.74) is 0.926. The van der Waals surface area contributed by atoms with Gasteiger partial charge in [-0.3, -0.25) is 0 Å². The van der Waals surface area contributed by atoms with E-state index in [0.717, 1.165) is 31.7 Å². The van der Waals surface area contributed by atoms with Crippen LogP contribution in [0.5, 0.6) is 5.75 Å². The maximum atomic E-state index is 9.54. The monoisotopic (exact) mass is 237 g/mol. The summed E-state index contributed by atoms with van der Waals surface area (Å²) in [6, 6.07) is 7.38. The quantitative estimate of drug-likeness (QED) is 0.683. The fourth-order valence-electron chi connectivity index (χ4n) is 1.45. The van der Waals surface area contributed by atoms with Crippen molar-refractivity contribution in [2.45, 2.75) is 26.8 Å². The maximum Gasteiger partial charge on any atom is 0.120 e. The molecule has 0 fully saturated rings. The van der Waals surface area contributed by atoms with Crippen LogP contribution in [0.3, 0.4) is 0 Å². The topological polar surface area (TPSA) is 41.5 Å². The molecular weight excluding hydrogens is 214 g/mol. The molecule has 0 bridgehead atoms. The van der Waals surface area contributed by atoms with Crippen LogP contribution in [0.25, 0.3) is 0 Å². The standard InChI is InChI=1S/C14H23NO2/c1-12(2)7-9-17-10-8-15-11-13-5-3-4-6-14(13)16/h3-6,12,15-16H,7-11H2,1-2H3. The van der Waals surface area contributed by atoms with E-state index >= 15 is 0 Å². The number of phenolic OH excluding ortho intramolecular Hbond substituents is 1. The van der Waals surface area contributed by atoms with Crippen molar-refractivity contribution in [2.24, 2.45) is 5.92 Å². The highest BCUT2D eigenvalue weighted by atomic mass is 16.5. The number of benzene rings is 1. The van der Waals surface area contributed by atoms with Gasteiger partial charge in [-0.1, -0.05) is 32.0 Å². The SMILES string of the molecule is CC(C)CCOCCNCc1ccccc1O. The van der Waals surface area contributed by atoms with E-state index in [1.54, 1.807) is 6.07 Å². The highest BCUT2D eigenvalue weighted by Crippen LogP contribution is 2.14. The maximum absolute atomic E-state index is 9.54. The molecule has 2 N–H and O–H groups in total. The molecule has 0 aromatic heterocycles.